The van der Waals surface area contributed by atoms with Crippen LogP contribution in [0.15, 0.2) is 35.4 Å². The van der Waals surface area contributed by atoms with E-state index in [4.69, 9.17) is 9.16 Å². The second kappa shape index (κ2) is 10.6. The van der Waals surface area contributed by atoms with Crippen molar-refractivity contribution < 1.29 is 9.16 Å². The van der Waals surface area contributed by atoms with E-state index in [-0.39, 0.29) is 17.2 Å². The van der Waals surface area contributed by atoms with Crippen molar-refractivity contribution in [3.8, 4) is 0 Å². The van der Waals surface area contributed by atoms with Gasteiger partial charge in [0.25, 0.3) is 0 Å². The van der Waals surface area contributed by atoms with Crippen molar-refractivity contribution in [2.75, 3.05) is 7.11 Å². The van der Waals surface area contributed by atoms with Gasteiger partial charge in [-0.1, -0.05) is 48.9 Å². The van der Waals surface area contributed by atoms with Crippen LogP contribution >= 0.6 is 15.9 Å². The topological polar surface area (TPSA) is 18.5 Å². The molecule has 0 radical (unpaired) electrons. The van der Waals surface area contributed by atoms with Crippen molar-refractivity contribution >= 4 is 24.2 Å². The highest BCUT2D eigenvalue weighted by Crippen LogP contribution is 2.37. The second-order valence-electron chi connectivity index (χ2n) is 7.49. The van der Waals surface area contributed by atoms with Crippen molar-refractivity contribution in [1.29, 1.82) is 0 Å². The third-order valence-corrected chi connectivity index (χ3v) is 9.46. The zero-order valence-electron chi connectivity index (χ0n) is 16.0. The van der Waals surface area contributed by atoms with Gasteiger partial charge in [0.2, 0.25) is 0 Å². The molecule has 0 aromatic rings. The molecule has 0 heterocycles. The molecule has 0 aliphatic rings. The molecule has 2 nitrogen and oxygen atoms in total. The predicted octanol–water partition coefficient (Wildman–Crippen LogP) is 6.60. The van der Waals surface area contributed by atoms with Gasteiger partial charge in [0.15, 0.2) is 8.32 Å². The summed E-state index contributed by atoms with van der Waals surface area (Å²) in [6, 6.07) is 0. The lowest BCUT2D eigenvalue weighted by Crippen LogP contribution is -2.42. The highest BCUT2D eigenvalue weighted by molar-refractivity contribution is 9.11. The lowest BCUT2D eigenvalue weighted by atomic mass is 10.1. The molecule has 4 heteroatoms. The number of hydrogen-bond acceptors (Lipinski definition) is 2. The Morgan fingerprint density at radius 3 is 2.39 bits per heavy atom. The van der Waals surface area contributed by atoms with Crippen LogP contribution in [0.25, 0.3) is 0 Å². The van der Waals surface area contributed by atoms with E-state index in [0.717, 1.165) is 23.7 Å². The molecule has 0 aliphatic carbocycles. The number of methoxy groups -OCH3 is 1. The van der Waals surface area contributed by atoms with Crippen molar-refractivity contribution in [3.05, 3.63) is 35.4 Å². The zero-order valence-corrected chi connectivity index (χ0v) is 18.6. The van der Waals surface area contributed by atoms with E-state index in [1.54, 1.807) is 7.11 Å². The summed E-state index contributed by atoms with van der Waals surface area (Å²) in [6.07, 6.45) is 11.6. The van der Waals surface area contributed by atoms with Gasteiger partial charge in [-0.05, 0) is 56.5 Å². The molecular weight excluding hydrogens is 368 g/mol. The summed E-state index contributed by atoms with van der Waals surface area (Å²) in [6.45, 7) is 17.2. The van der Waals surface area contributed by atoms with Gasteiger partial charge in [-0.3, -0.25) is 0 Å². The molecule has 134 valence electrons. The van der Waals surface area contributed by atoms with Crippen LogP contribution in [0.4, 0.5) is 0 Å². The second-order valence-corrected chi connectivity index (χ2v) is 13.2. The first-order valence-electron chi connectivity index (χ1n) is 8.40. The number of hydrogen-bond donors (Lipinski definition) is 0. The van der Waals surface area contributed by atoms with E-state index < -0.39 is 8.32 Å². The van der Waals surface area contributed by atoms with Crippen LogP contribution in [0.1, 0.15) is 47.0 Å². The van der Waals surface area contributed by atoms with Crippen LogP contribution in [-0.2, 0) is 9.16 Å². The average molecular weight is 403 g/mol. The Hall–Kier alpha value is -0.163. The first kappa shape index (κ1) is 22.8. The minimum absolute atomic E-state index is 0.110. The zero-order chi connectivity index (χ0) is 18.1. The molecule has 0 spiro atoms. The van der Waals surface area contributed by atoms with Crippen molar-refractivity contribution in [1.82, 2.24) is 0 Å². The number of unbranched alkanes of at least 4 members (excludes halogenated alkanes) is 1. The van der Waals surface area contributed by atoms with Gasteiger partial charge in [-0.25, -0.2) is 0 Å². The van der Waals surface area contributed by atoms with Gasteiger partial charge in [0.1, 0.15) is 0 Å². The molecule has 23 heavy (non-hydrogen) atoms. The van der Waals surface area contributed by atoms with Crippen LogP contribution in [-0.4, -0.2) is 27.6 Å². The van der Waals surface area contributed by atoms with Crippen LogP contribution < -0.4 is 0 Å². The van der Waals surface area contributed by atoms with Crippen molar-refractivity contribution in [2.45, 2.75) is 77.3 Å². The molecule has 2 atom stereocenters. The molecule has 0 amide bonds. The standard InChI is InChI=1S/C19H35BrO2Si/c1-9-10-11-12-18(21-6)15-17(20)14-13-16(2)22-23(7,8)19(3,4)5/h9,13-16,18H,1,10-12H2,2-8H3/b14-13+,17-15-/t16?,18-/m0/s1. The van der Waals surface area contributed by atoms with Gasteiger partial charge in [0, 0.05) is 11.6 Å². The lowest BCUT2D eigenvalue weighted by Gasteiger charge is -2.37. The summed E-state index contributed by atoms with van der Waals surface area (Å²) in [4.78, 5) is 0. The predicted molar refractivity (Wildman–Crippen MR) is 109 cm³/mol. The van der Waals surface area contributed by atoms with E-state index in [1.165, 1.54) is 0 Å². The Kier molecular flexibility index (Phi) is 10.6. The Balaban J connectivity index is 4.61. The van der Waals surface area contributed by atoms with Crippen LogP contribution in [0.5, 0.6) is 0 Å². The minimum atomic E-state index is -1.72. The normalized spacial score (nSPS) is 16.6. The Bertz CT molecular complexity index is 408. The number of halogens is 1. The molecule has 0 bridgehead atoms. The molecule has 1 unspecified atom stereocenters. The van der Waals surface area contributed by atoms with Gasteiger partial charge < -0.3 is 9.16 Å². The Morgan fingerprint density at radius 1 is 1.30 bits per heavy atom. The maximum atomic E-state index is 6.33. The van der Waals surface area contributed by atoms with Crippen molar-refractivity contribution in [3.63, 3.8) is 0 Å². The Morgan fingerprint density at radius 2 is 1.91 bits per heavy atom. The monoisotopic (exact) mass is 402 g/mol. The fraction of sp³-hybridized carbons (Fsp3) is 0.684. The molecule has 0 aliphatic heterocycles. The molecule has 0 fully saturated rings. The average Bonchev–Trinajstić information content (AvgIpc) is 2.42. The van der Waals surface area contributed by atoms with Crippen LogP contribution in [0.3, 0.4) is 0 Å². The van der Waals surface area contributed by atoms with E-state index >= 15 is 0 Å². The maximum Gasteiger partial charge on any atom is 0.192 e. The highest BCUT2D eigenvalue weighted by atomic mass is 79.9. The number of allylic oxidation sites excluding steroid dienone is 3. The fourth-order valence-electron chi connectivity index (χ4n) is 1.87. The summed E-state index contributed by atoms with van der Waals surface area (Å²) in [5.74, 6) is 0. The highest BCUT2D eigenvalue weighted by Gasteiger charge is 2.37. The van der Waals surface area contributed by atoms with Crippen LogP contribution in [0.2, 0.25) is 18.1 Å². The summed E-state index contributed by atoms with van der Waals surface area (Å²) in [5, 5.41) is 0.231. The molecular formula is C19H35BrO2Si. The van der Waals surface area contributed by atoms with E-state index in [1.807, 2.05) is 6.08 Å². The molecule has 0 aromatic carbocycles. The molecule has 0 rings (SSSR count). The smallest absolute Gasteiger partial charge is 0.192 e. The summed E-state index contributed by atoms with van der Waals surface area (Å²) >= 11 is 3.61. The van der Waals surface area contributed by atoms with E-state index in [0.29, 0.717) is 0 Å². The fourth-order valence-corrected chi connectivity index (χ4v) is 3.68. The summed E-state index contributed by atoms with van der Waals surface area (Å²) in [7, 11) is 0.0314. The molecule has 0 N–H and O–H groups in total. The minimum Gasteiger partial charge on any atom is -0.411 e. The third kappa shape index (κ3) is 9.65. The van der Waals surface area contributed by atoms with E-state index in [9.17, 15) is 0 Å². The number of ether oxygens (including phenoxy) is 1. The third-order valence-electron chi connectivity index (χ3n) is 4.36. The van der Waals surface area contributed by atoms with Gasteiger partial charge in [-0.2, -0.15) is 0 Å². The molecule has 0 aromatic heterocycles. The van der Waals surface area contributed by atoms with Gasteiger partial charge in [-0.15, -0.1) is 6.58 Å². The first-order chi connectivity index (χ1) is 10.5. The maximum absolute atomic E-state index is 6.33. The molecule has 0 saturated heterocycles. The first-order valence-corrected chi connectivity index (χ1v) is 12.1. The SMILES string of the molecule is C=CCCC[C@@H](/C=C(Br)/C=C/C(C)O[Si](C)(C)C(C)(C)C)OC. The lowest BCUT2D eigenvalue weighted by molar-refractivity contribution is 0.132. The van der Waals surface area contributed by atoms with Gasteiger partial charge >= 0.3 is 0 Å². The Labute approximate surface area is 153 Å². The van der Waals surface area contributed by atoms with Crippen molar-refractivity contribution in [2.24, 2.45) is 0 Å². The summed E-state index contributed by atoms with van der Waals surface area (Å²) < 4.78 is 12.9. The molecule has 0 saturated carbocycles. The quantitative estimate of drug-likeness (QED) is 0.177. The largest absolute Gasteiger partial charge is 0.411 e. The van der Waals surface area contributed by atoms with E-state index in [2.05, 4.69) is 81.5 Å². The van der Waals surface area contributed by atoms with Gasteiger partial charge in [0.05, 0.1) is 12.2 Å². The number of rotatable bonds is 10. The van der Waals surface area contributed by atoms with Crippen LogP contribution in [0, 0.1) is 0 Å². The summed E-state index contributed by atoms with van der Waals surface area (Å²) in [5.41, 5.74) is 0.